The summed E-state index contributed by atoms with van der Waals surface area (Å²) < 4.78 is 1.04. The normalized spacial score (nSPS) is 12.5. The molecule has 4 heteroatoms. The summed E-state index contributed by atoms with van der Waals surface area (Å²) in [5.74, 6) is -0.806. The van der Waals surface area contributed by atoms with Crippen LogP contribution in [0.25, 0.3) is 0 Å². The lowest BCUT2D eigenvalue weighted by atomic mass is 10.0. The number of carbonyl (C=O) groups is 1. The van der Waals surface area contributed by atoms with Gasteiger partial charge in [0.25, 0.3) is 0 Å². The number of rotatable bonds is 4. The number of hydrogen-bond donors (Lipinski definition) is 2. The van der Waals surface area contributed by atoms with E-state index in [1.54, 1.807) is 0 Å². The lowest BCUT2D eigenvalue weighted by Gasteiger charge is -2.11. The van der Waals surface area contributed by atoms with Crippen molar-refractivity contribution in [2.24, 2.45) is 5.73 Å². The molecule has 0 aromatic heterocycles. The molecule has 0 heterocycles. The number of aryl methyl sites for hydroxylation is 1. The summed E-state index contributed by atoms with van der Waals surface area (Å²) in [5, 5.41) is 8.54. The van der Waals surface area contributed by atoms with Crippen LogP contribution in [0.15, 0.2) is 22.7 Å². The van der Waals surface area contributed by atoms with E-state index < -0.39 is 5.97 Å². The largest absolute Gasteiger partial charge is 0.481 e. The van der Waals surface area contributed by atoms with Gasteiger partial charge in [0.15, 0.2) is 0 Å². The van der Waals surface area contributed by atoms with Crippen molar-refractivity contribution in [1.29, 1.82) is 0 Å². The Morgan fingerprint density at radius 3 is 2.80 bits per heavy atom. The van der Waals surface area contributed by atoms with E-state index in [-0.39, 0.29) is 12.5 Å². The second-order valence-electron chi connectivity index (χ2n) is 3.55. The van der Waals surface area contributed by atoms with Crippen molar-refractivity contribution >= 4 is 21.9 Å². The summed E-state index contributed by atoms with van der Waals surface area (Å²) in [6.07, 6.45) is 0.576. The second kappa shape index (κ2) is 5.28. The number of carboxylic acid groups (broad SMARTS) is 1. The van der Waals surface area contributed by atoms with Gasteiger partial charge in [0.2, 0.25) is 0 Å². The maximum absolute atomic E-state index is 10.4. The summed E-state index contributed by atoms with van der Waals surface area (Å²) in [7, 11) is 0. The van der Waals surface area contributed by atoms with Gasteiger partial charge in [-0.25, -0.2) is 0 Å². The first-order valence-corrected chi connectivity index (χ1v) is 5.53. The molecule has 3 nitrogen and oxygen atoms in total. The molecule has 15 heavy (non-hydrogen) atoms. The van der Waals surface area contributed by atoms with Crippen molar-refractivity contribution < 1.29 is 9.90 Å². The van der Waals surface area contributed by atoms with Gasteiger partial charge in [-0.3, -0.25) is 4.79 Å². The Morgan fingerprint density at radius 2 is 2.27 bits per heavy atom. The number of benzene rings is 1. The fraction of sp³-hybridized carbons (Fsp3) is 0.364. The number of halogens is 1. The molecule has 1 rings (SSSR count). The third-order valence-corrected chi connectivity index (χ3v) is 3.17. The van der Waals surface area contributed by atoms with Gasteiger partial charge in [-0.1, -0.05) is 28.1 Å². The van der Waals surface area contributed by atoms with Crippen LogP contribution in [0, 0.1) is 6.92 Å². The Balaban J connectivity index is 2.69. The monoisotopic (exact) mass is 271 g/mol. The zero-order valence-electron chi connectivity index (χ0n) is 8.53. The molecule has 1 atom stereocenters. The highest BCUT2D eigenvalue weighted by molar-refractivity contribution is 9.10. The van der Waals surface area contributed by atoms with E-state index in [9.17, 15) is 4.79 Å². The van der Waals surface area contributed by atoms with Gasteiger partial charge in [-0.2, -0.15) is 0 Å². The lowest BCUT2D eigenvalue weighted by Crippen LogP contribution is -2.12. The summed E-state index contributed by atoms with van der Waals surface area (Å²) >= 11 is 3.41. The number of carboxylic acids is 1. The maximum Gasteiger partial charge on any atom is 0.303 e. The van der Waals surface area contributed by atoms with Crippen molar-refractivity contribution in [3.05, 3.63) is 33.8 Å². The van der Waals surface area contributed by atoms with Crippen LogP contribution in [0.4, 0.5) is 0 Å². The summed E-state index contributed by atoms with van der Waals surface area (Å²) in [5.41, 5.74) is 7.98. The third-order valence-electron chi connectivity index (χ3n) is 2.28. The van der Waals surface area contributed by atoms with E-state index in [4.69, 9.17) is 10.8 Å². The van der Waals surface area contributed by atoms with Gasteiger partial charge >= 0.3 is 5.97 Å². The molecule has 0 radical (unpaired) electrons. The molecule has 0 saturated carbocycles. The SMILES string of the molecule is Cc1cc(C(N)CCC(=O)O)ccc1Br. The smallest absolute Gasteiger partial charge is 0.303 e. The molecule has 0 aliphatic carbocycles. The van der Waals surface area contributed by atoms with Crippen LogP contribution in [0.5, 0.6) is 0 Å². The predicted octanol–water partition coefficient (Wildman–Crippen LogP) is 2.62. The average molecular weight is 272 g/mol. The number of hydrogen-bond acceptors (Lipinski definition) is 2. The molecule has 1 aromatic rings. The highest BCUT2D eigenvalue weighted by Gasteiger charge is 2.09. The minimum atomic E-state index is -0.806. The van der Waals surface area contributed by atoms with Crippen LogP contribution < -0.4 is 5.73 Å². The molecule has 1 unspecified atom stereocenters. The molecule has 0 bridgehead atoms. The molecule has 0 aliphatic rings. The van der Waals surface area contributed by atoms with E-state index in [2.05, 4.69) is 15.9 Å². The Morgan fingerprint density at radius 1 is 1.60 bits per heavy atom. The van der Waals surface area contributed by atoms with Crippen molar-refractivity contribution in [2.45, 2.75) is 25.8 Å². The van der Waals surface area contributed by atoms with Crippen molar-refractivity contribution in [2.75, 3.05) is 0 Å². The standard InChI is InChI=1S/C11H14BrNO2/c1-7-6-8(2-3-9(7)12)10(13)4-5-11(14)15/h2-3,6,10H,4-5,13H2,1H3,(H,14,15). The first-order valence-electron chi connectivity index (χ1n) is 4.74. The van der Waals surface area contributed by atoms with Gasteiger partial charge in [0.05, 0.1) is 0 Å². The summed E-state index contributed by atoms with van der Waals surface area (Å²) in [6, 6.07) is 5.64. The fourth-order valence-electron chi connectivity index (χ4n) is 1.34. The van der Waals surface area contributed by atoms with Crippen LogP contribution in [0.3, 0.4) is 0 Å². The topological polar surface area (TPSA) is 63.3 Å². The van der Waals surface area contributed by atoms with Gasteiger partial charge in [0, 0.05) is 16.9 Å². The maximum atomic E-state index is 10.4. The molecule has 0 spiro atoms. The third kappa shape index (κ3) is 3.64. The first-order chi connectivity index (χ1) is 7.00. The zero-order valence-corrected chi connectivity index (χ0v) is 10.1. The van der Waals surface area contributed by atoms with E-state index >= 15 is 0 Å². The molecule has 0 aliphatic heterocycles. The molecule has 82 valence electrons. The van der Waals surface area contributed by atoms with E-state index in [1.165, 1.54) is 0 Å². The first kappa shape index (κ1) is 12.2. The molecule has 1 aromatic carbocycles. The zero-order chi connectivity index (χ0) is 11.4. The highest BCUT2D eigenvalue weighted by Crippen LogP contribution is 2.22. The van der Waals surface area contributed by atoms with Gasteiger partial charge in [-0.15, -0.1) is 0 Å². The molecule has 0 saturated heterocycles. The highest BCUT2D eigenvalue weighted by atomic mass is 79.9. The van der Waals surface area contributed by atoms with Crippen LogP contribution in [-0.2, 0) is 4.79 Å². The molecule has 0 fully saturated rings. The van der Waals surface area contributed by atoms with Crippen LogP contribution in [0.2, 0.25) is 0 Å². The Hall–Kier alpha value is -0.870. The second-order valence-corrected chi connectivity index (χ2v) is 4.40. The average Bonchev–Trinajstić information content (AvgIpc) is 2.18. The Kier molecular flexibility index (Phi) is 4.29. The minimum absolute atomic E-state index is 0.107. The van der Waals surface area contributed by atoms with Gasteiger partial charge in [0.1, 0.15) is 0 Å². The lowest BCUT2D eigenvalue weighted by molar-refractivity contribution is -0.137. The minimum Gasteiger partial charge on any atom is -0.481 e. The van der Waals surface area contributed by atoms with Crippen molar-refractivity contribution in [1.82, 2.24) is 0 Å². The fourth-order valence-corrected chi connectivity index (χ4v) is 1.59. The van der Waals surface area contributed by atoms with Crippen LogP contribution >= 0.6 is 15.9 Å². The van der Waals surface area contributed by atoms with E-state index in [0.29, 0.717) is 6.42 Å². The Labute approximate surface area is 97.4 Å². The van der Waals surface area contributed by atoms with Crippen molar-refractivity contribution in [3.8, 4) is 0 Å². The van der Waals surface area contributed by atoms with Crippen LogP contribution in [0.1, 0.15) is 30.0 Å². The Bertz CT molecular complexity index is 366. The van der Waals surface area contributed by atoms with Crippen LogP contribution in [-0.4, -0.2) is 11.1 Å². The van der Waals surface area contributed by atoms with Crippen molar-refractivity contribution in [3.63, 3.8) is 0 Å². The quantitative estimate of drug-likeness (QED) is 0.885. The molecular formula is C11H14BrNO2. The van der Waals surface area contributed by atoms with E-state index in [1.807, 2.05) is 25.1 Å². The summed E-state index contributed by atoms with van der Waals surface area (Å²) in [4.78, 5) is 10.4. The molecule has 0 amide bonds. The van der Waals surface area contributed by atoms with Gasteiger partial charge < -0.3 is 10.8 Å². The number of aliphatic carboxylic acids is 1. The predicted molar refractivity (Wildman–Crippen MR) is 62.7 cm³/mol. The van der Waals surface area contributed by atoms with E-state index in [0.717, 1.165) is 15.6 Å². The number of nitrogens with two attached hydrogens (primary N) is 1. The molecule has 3 N–H and O–H groups in total. The summed E-state index contributed by atoms with van der Waals surface area (Å²) in [6.45, 7) is 1.98. The van der Waals surface area contributed by atoms with Gasteiger partial charge in [-0.05, 0) is 30.5 Å². The molecular weight excluding hydrogens is 258 g/mol.